The molecule has 3 atom stereocenters. The highest BCUT2D eigenvalue weighted by Gasteiger charge is 2.31. The molecule has 1 amide bonds. The van der Waals surface area contributed by atoms with E-state index in [-0.39, 0.29) is 11.2 Å². The minimum atomic E-state index is -0.00889. The third-order valence-electron chi connectivity index (χ3n) is 3.85. The molecule has 0 saturated carbocycles. The predicted octanol–water partition coefficient (Wildman–Crippen LogP) is 3.96. The molecular weight excluding hydrogens is 254 g/mol. The highest BCUT2D eigenvalue weighted by atomic mass is 32.2. The Morgan fingerprint density at radius 3 is 2.37 bits per heavy atom. The van der Waals surface area contributed by atoms with Crippen LogP contribution in [0.2, 0.25) is 0 Å². The first-order chi connectivity index (χ1) is 9.09. The summed E-state index contributed by atoms with van der Waals surface area (Å²) >= 11 is 1.66. The van der Waals surface area contributed by atoms with Gasteiger partial charge >= 0.3 is 0 Å². The van der Waals surface area contributed by atoms with E-state index in [2.05, 4.69) is 30.9 Å². The largest absolute Gasteiger partial charge is 0.336 e. The maximum atomic E-state index is 12.6. The highest BCUT2D eigenvalue weighted by molar-refractivity contribution is 8.00. The topological polar surface area (TPSA) is 20.3 Å². The Labute approximate surface area is 120 Å². The molecule has 0 bridgehead atoms. The summed E-state index contributed by atoms with van der Waals surface area (Å²) < 4.78 is 0. The molecule has 0 spiro atoms. The molecule has 1 heterocycles. The van der Waals surface area contributed by atoms with Crippen molar-refractivity contribution in [1.82, 2.24) is 4.90 Å². The quantitative estimate of drug-likeness (QED) is 0.780. The van der Waals surface area contributed by atoms with Gasteiger partial charge in [-0.1, -0.05) is 18.2 Å². The number of benzene rings is 1. The SMILES string of the molecule is CC(Sc1ccccc1)C(=O)N1C(C)CCCC1C. The van der Waals surface area contributed by atoms with Gasteiger partial charge in [-0.25, -0.2) is 0 Å². The van der Waals surface area contributed by atoms with Crippen molar-refractivity contribution in [3.63, 3.8) is 0 Å². The lowest BCUT2D eigenvalue weighted by Crippen LogP contribution is -2.50. The van der Waals surface area contributed by atoms with Gasteiger partial charge in [0, 0.05) is 17.0 Å². The molecule has 0 radical (unpaired) electrons. The van der Waals surface area contributed by atoms with Gasteiger partial charge in [0.05, 0.1) is 5.25 Å². The van der Waals surface area contributed by atoms with Crippen LogP contribution in [0.15, 0.2) is 35.2 Å². The van der Waals surface area contributed by atoms with Crippen molar-refractivity contribution in [2.24, 2.45) is 0 Å². The zero-order valence-electron chi connectivity index (χ0n) is 12.0. The number of piperidine rings is 1. The molecule has 0 N–H and O–H groups in total. The number of hydrogen-bond acceptors (Lipinski definition) is 2. The van der Waals surface area contributed by atoms with Gasteiger partial charge < -0.3 is 4.90 Å². The molecule has 1 fully saturated rings. The predicted molar refractivity (Wildman–Crippen MR) is 81.4 cm³/mol. The van der Waals surface area contributed by atoms with E-state index in [1.807, 2.05) is 25.1 Å². The van der Waals surface area contributed by atoms with Crippen LogP contribution in [0.25, 0.3) is 0 Å². The zero-order valence-corrected chi connectivity index (χ0v) is 12.8. The second-order valence-corrected chi connectivity index (χ2v) is 6.86. The Bertz CT molecular complexity index is 410. The Hall–Kier alpha value is -0.960. The Kier molecular flexibility index (Phi) is 4.92. The first-order valence-electron chi connectivity index (χ1n) is 7.13. The van der Waals surface area contributed by atoms with E-state index in [1.54, 1.807) is 11.8 Å². The number of nitrogens with zero attached hydrogens (tertiary/aromatic N) is 1. The number of likely N-dealkylation sites (tertiary alicyclic amines) is 1. The van der Waals surface area contributed by atoms with Gasteiger partial charge in [0.15, 0.2) is 0 Å². The van der Waals surface area contributed by atoms with Gasteiger partial charge in [0.25, 0.3) is 0 Å². The smallest absolute Gasteiger partial charge is 0.236 e. The standard InChI is InChI=1S/C16H23NOS/c1-12-8-7-9-13(2)17(12)16(18)14(3)19-15-10-5-4-6-11-15/h4-6,10-14H,7-9H2,1-3H3. The molecule has 1 aromatic rings. The first kappa shape index (κ1) is 14.4. The normalized spacial score (nSPS) is 25.1. The minimum Gasteiger partial charge on any atom is -0.336 e. The van der Waals surface area contributed by atoms with Crippen molar-refractivity contribution in [3.05, 3.63) is 30.3 Å². The van der Waals surface area contributed by atoms with E-state index in [0.29, 0.717) is 12.1 Å². The van der Waals surface area contributed by atoms with Crippen LogP contribution >= 0.6 is 11.8 Å². The molecule has 0 aliphatic carbocycles. The molecule has 0 aromatic heterocycles. The fourth-order valence-electron chi connectivity index (χ4n) is 2.82. The van der Waals surface area contributed by atoms with E-state index in [4.69, 9.17) is 0 Å². The minimum absolute atomic E-state index is 0.00889. The fourth-order valence-corrected chi connectivity index (χ4v) is 3.76. The third kappa shape index (κ3) is 3.53. The highest BCUT2D eigenvalue weighted by Crippen LogP contribution is 2.29. The van der Waals surface area contributed by atoms with Crippen LogP contribution in [0.1, 0.15) is 40.0 Å². The van der Waals surface area contributed by atoms with Gasteiger partial charge in [0.1, 0.15) is 0 Å². The van der Waals surface area contributed by atoms with Crippen LogP contribution in [0, 0.1) is 0 Å². The third-order valence-corrected chi connectivity index (χ3v) is 4.95. The molecule has 2 nitrogen and oxygen atoms in total. The van der Waals surface area contributed by atoms with Crippen LogP contribution in [-0.2, 0) is 4.79 Å². The van der Waals surface area contributed by atoms with Gasteiger partial charge in [-0.3, -0.25) is 4.79 Å². The maximum absolute atomic E-state index is 12.6. The number of amides is 1. The van der Waals surface area contributed by atoms with Gasteiger partial charge in [-0.2, -0.15) is 0 Å². The Morgan fingerprint density at radius 2 is 1.79 bits per heavy atom. The molecule has 3 unspecified atom stereocenters. The number of thioether (sulfide) groups is 1. The van der Waals surface area contributed by atoms with Crippen LogP contribution in [-0.4, -0.2) is 28.1 Å². The van der Waals surface area contributed by atoms with Gasteiger partial charge in [0.2, 0.25) is 5.91 Å². The van der Waals surface area contributed by atoms with Crippen molar-refractivity contribution in [2.75, 3.05) is 0 Å². The molecule has 1 aliphatic heterocycles. The summed E-state index contributed by atoms with van der Waals surface area (Å²) in [6.45, 7) is 6.37. The number of rotatable bonds is 3. The van der Waals surface area contributed by atoms with Crippen LogP contribution in [0.3, 0.4) is 0 Å². The van der Waals surface area contributed by atoms with Crippen molar-refractivity contribution < 1.29 is 4.79 Å². The van der Waals surface area contributed by atoms with Crippen molar-refractivity contribution in [3.8, 4) is 0 Å². The average molecular weight is 277 g/mol. The number of carbonyl (C=O) groups excluding carboxylic acids is 1. The summed E-state index contributed by atoms with van der Waals surface area (Å²) in [5.74, 6) is 0.286. The second-order valence-electron chi connectivity index (χ2n) is 5.45. The summed E-state index contributed by atoms with van der Waals surface area (Å²) in [5.41, 5.74) is 0. The Balaban J connectivity index is 2.02. The Morgan fingerprint density at radius 1 is 1.21 bits per heavy atom. The van der Waals surface area contributed by atoms with E-state index < -0.39 is 0 Å². The number of hydrogen-bond donors (Lipinski definition) is 0. The molecule has 1 saturated heterocycles. The van der Waals surface area contributed by atoms with Crippen molar-refractivity contribution in [1.29, 1.82) is 0 Å². The lowest BCUT2D eigenvalue weighted by molar-refractivity contribution is -0.136. The molecule has 1 aliphatic rings. The first-order valence-corrected chi connectivity index (χ1v) is 8.01. The van der Waals surface area contributed by atoms with Crippen LogP contribution in [0.4, 0.5) is 0 Å². The molecule has 104 valence electrons. The van der Waals surface area contributed by atoms with Crippen LogP contribution < -0.4 is 0 Å². The lowest BCUT2D eigenvalue weighted by Gasteiger charge is -2.40. The van der Waals surface area contributed by atoms with Gasteiger partial charge in [-0.15, -0.1) is 11.8 Å². The summed E-state index contributed by atoms with van der Waals surface area (Å²) in [5, 5.41) is -0.00889. The summed E-state index contributed by atoms with van der Waals surface area (Å²) in [7, 11) is 0. The summed E-state index contributed by atoms with van der Waals surface area (Å²) in [6.07, 6.45) is 3.52. The molecule has 1 aromatic carbocycles. The fraction of sp³-hybridized carbons (Fsp3) is 0.562. The molecule has 3 heteroatoms. The second kappa shape index (κ2) is 6.47. The maximum Gasteiger partial charge on any atom is 0.236 e. The zero-order chi connectivity index (χ0) is 13.8. The molecule has 2 rings (SSSR count). The van der Waals surface area contributed by atoms with Crippen LogP contribution in [0.5, 0.6) is 0 Å². The van der Waals surface area contributed by atoms with E-state index in [0.717, 1.165) is 12.8 Å². The van der Waals surface area contributed by atoms with E-state index in [9.17, 15) is 4.79 Å². The lowest BCUT2D eigenvalue weighted by atomic mass is 9.97. The van der Waals surface area contributed by atoms with Gasteiger partial charge in [-0.05, 0) is 52.2 Å². The molecular formula is C16H23NOS. The van der Waals surface area contributed by atoms with E-state index >= 15 is 0 Å². The summed E-state index contributed by atoms with van der Waals surface area (Å²) in [6, 6.07) is 10.9. The summed E-state index contributed by atoms with van der Waals surface area (Å²) in [4.78, 5) is 15.9. The molecule has 19 heavy (non-hydrogen) atoms. The monoisotopic (exact) mass is 277 g/mol. The van der Waals surface area contributed by atoms with Crippen molar-refractivity contribution >= 4 is 17.7 Å². The number of carbonyl (C=O) groups is 1. The van der Waals surface area contributed by atoms with Crippen molar-refractivity contribution in [2.45, 2.75) is 62.3 Å². The van der Waals surface area contributed by atoms with E-state index in [1.165, 1.54) is 11.3 Å². The average Bonchev–Trinajstić information content (AvgIpc) is 2.39.